The van der Waals surface area contributed by atoms with Crippen molar-refractivity contribution in [2.24, 2.45) is 0 Å². The first-order chi connectivity index (χ1) is 6.15. The molecular formula is C10H23N3. The van der Waals surface area contributed by atoms with Gasteiger partial charge in [0.2, 0.25) is 0 Å². The van der Waals surface area contributed by atoms with Crippen LogP contribution in [0.4, 0.5) is 0 Å². The van der Waals surface area contributed by atoms with Gasteiger partial charge >= 0.3 is 0 Å². The fourth-order valence-electron chi connectivity index (χ4n) is 1.98. The van der Waals surface area contributed by atoms with Crippen molar-refractivity contribution >= 4 is 0 Å². The van der Waals surface area contributed by atoms with E-state index in [0.717, 1.165) is 12.6 Å². The molecule has 1 saturated heterocycles. The monoisotopic (exact) mass is 185 g/mol. The molecule has 0 saturated carbocycles. The van der Waals surface area contributed by atoms with Gasteiger partial charge in [0.1, 0.15) is 0 Å². The normalized spacial score (nSPS) is 32.3. The Balaban J connectivity index is 2.37. The minimum atomic E-state index is 0.704. The first-order valence-corrected chi connectivity index (χ1v) is 5.20. The predicted molar refractivity (Wildman–Crippen MR) is 57.1 cm³/mol. The molecule has 1 fully saturated rings. The molecule has 1 heterocycles. The van der Waals surface area contributed by atoms with Gasteiger partial charge in [-0.3, -0.25) is 0 Å². The summed E-state index contributed by atoms with van der Waals surface area (Å²) >= 11 is 0. The van der Waals surface area contributed by atoms with Gasteiger partial charge in [-0.05, 0) is 41.0 Å². The Labute approximate surface area is 82.1 Å². The molecule has 0 aromatic carbocycles. The molecule has 3 nitrogen and oxygen atoms in total. The van der Waals surface area contributed by atoms with Crippen molar-refractivity contribution in [3.05, 3.63) is 0 Å². The lowest BCUT2D eigenvalue weighted by Crippen LogP contribution is -2.54. The molecule has 1 aliphatic heterocycles. The summed E-state index contributed by atoms with van der Waals surface area (Å²) in [7, 11) is 6.49. The maximum Gasteiger partial charge on any atom is 0.0232 e. The van der Waals surface area contributed by atoms with Gasteiger partial charge < -0.3 is 15.1 Å². The Morgan fingerprint density at radius 3 is 2.54 bits per heavy atom. The maximum absolute atomic E-state index is 3.22. The van der Waals surface area contributed by atoms with E-state index in [2.05, 4.69) is 36.1 Å². The summed E-state index contributed by atoms with van der Waals surface area (Å²) in [5.41, 5.74) is 0. The maximum atomic E-state index is 3.22. The van der Waals surface area contributed by atoms with Crippen LogP contribution >= 0.6 is 0 Å². The molecular weight excluding hydrogens is 162 g/mol. The Morgan fingerprint density at radius 1 is 1.23 bits per heavy atom. The SMILES string of the molecule is CNCCC1CN(C)C(C)CN1C. The number of piperazine rings is 1. The number of likely N-dealkylation sites (N-methyl/N-ethyl adjacent to an activating group) is 2. The van der Waals surface area contributed by atoms with Crippen molar-refractivity contribution < 1.29 is 0 Å². The van der Waals surface area contributed by atoms with E-state index in [1.54, 1.807) is 0 Å². The highest BCUT2D eigenvalue weighted by molar-refractivity contribution is 4.83. The molecule has 0 aromatic heterocycles. The topological polar surface area (TPSA) is 18.5 Å². The number of nitrogens with one attached hydrogen (secondary N) is 1. The molecule has 2 unspecified atom stereocenters. The first kappa shape index (κ1) is 11.0. The average molecular weight is 185 g/mol. The van der Waals surface area contributed by atoms with Crippen LogP contribution in [0, 0.1) is 0 Å². The zero-order chi connectivity index (χ0) is 9.84. The van der Waals surface area contributed by atoms with Crippen LogP contribution in [0.2, 0.25) is 0 Å². The van der Waals surface area contributed by atoms with Gasteiger partial charge in [0.05, 0.1) is 0 Å². The van der Waals surface area contributed by atoms with E-state index in [-0.39, 0.29) is 0 Å². The third-order valence-corrected chi connectivity index (χ3v) is 3.15. The van der Waals surface area contributed by atoms with Crippen LogP contribution in [-0.2, 0) is 0 Å². The average Bonchev–Trinajstić information content (AvgIpc) is 2.09. The van der Waals surface area contributed by atoms with Gasteiger partial charge in [-0.1, -0.05) is 0 Å². The summed E-state index contributed by atoms with van der Waals surface area (Å²) in [6, 6.07) is 1.43. The van der Waals surface area contributed by atoms with Gasteiger partial charge in [-0.2, -0.15) is 0 Å². The zero-order valence-electron chi connectivity index (χ0n) is 9.38. The van der Waals surface area contributed by atoms with Crippen LogP contribution < -0.4 is 5.32 Å². The van der Waals surface area contributed by atoms with Crippen molar-refractivity contribution in [1.82, 2.24) is 15.1 Å². The summed E-state index contributed by atoms with van der Waals surface area (Å²) < 4.78 is 0. The summed E-state index contributed by atoms with van der Waals surface area (Å²) in [6.45, 7) is 5.83. The minimum Gasteiger partial charge on any atom is -0.320 e. The Bertz CT molecular complexity index is 149. The fourth-order valence-corrected chi connectivity index (χ4v) is 1.98. The molecule has 0 aliphatic carbocycles. The summed E-state index contributed by atoms with van der Waals surface area (Å²) in [5, 5.41) is 3.22. The van der Waals surface area contributed by atoms with E-state index in [9.17, 15) is 0 Å². The van der Waals surface area contributed by atoms with E-state index < -0.39 is 0 Å². The van der Waals surface area contributed by atoms with Gasteiger partial charge in [0.15, 0.2) is 0 Å². The number of hydrogen-bond donors (Lipinski definition) is 1. The molecule has 78 valence electrons. The van der Waals surface area contributed by atoms with Crippen LogP contribution in [0.25, 0.3) is 0 Å². The molecule has 0 amide bonds. The summed E-state index contributed by atoms with van der Waals surface area (Å²) in [5.74, 6) is 0. The molecule has 2 atom stereocenters. The number of nitrogens with zero attached hydrogens (tertiary/aromatic N) is 2. The van der Waals surface area contributed by atoms with E-state index in [1.165, 1.54) is 19.5 Å². The summed E-state index contributed by atoms with van der Waals surface area (Å²) in [6.07, 6.45) is 1.25. The Morgan fingerprint density at radius 2 is 1.92 bits per heavy atom. The van der Waals surface area contributed by atoms with Crippen LogP contribution in [0.5, 0.6) is 0 Å². The highest BCUT2D eigenvalue weighted by atomic mass is 15.3. The van der Waals surface area contributed by atoms with Gasteiger partial charge in [-0.15, -0.1) is 0 Å². The predicted octanol–water partition coefficient (Wildman–Crippen LogP) is 0.230. The third-order valence-electron chi connectivity index (χ3n) is 3.15. The van der Waals surface area contributed by atoms with Crippen LogP contribution in [0.15, 0.2) is 0 Å². The molecule has 0 spiro atoms. The zero-order valence-corrected chi connectivity index (χ0v) is 9.38. The van der Waals surface area contributed by atoms with Crippen molar-refractivity contribution in [2.75, 3.05) is 40.8 Å². The smallest absolute Gasteiger partial charge is 0.0232 e. The Kier molecular flexibility index (Phi) is 4.16. The fraction of sp³-hybridized carbons (Fsp3) is 1.00. The minimum absolute atomic E-state index is 0.704. The van der Waals surface area contributed by atoms with Gasteiger partial charge in [0.25, 0.3) is 0 Å². The summed E-state index contributed by atoms with van der Waals surface area (Å²) in [4.78, 5) is 4.95. The van der Waals surface area contributed by atoms with Crippen LogP contribution in [0.1, 0.15) is 13.3 Å². The molecule has 0 radical (unpaired) electrons. The van der Waals surface area contributed by atoms with Crippen molar-refractivity contribution in [1.29, 1.82) is 0 Å². The molecule has 0 aromatic rings. The van der Waals surface area contributed by atoms with E-state index >= 15 is 0 Å². The lowest BCUT2D eigenvalue weighted by molar-refractivity contribution is 0.0675. The van der Waals surface area contributed by atoms with Crippen molar-refractivity contribution in [3.8, 4) is 0 Å². The Hall–Kier alpha value is -0.120. The van der Waals surface area contributed by atoms with E-state index in [4.69, 9.17) is 0 Å². The lowest BCUT2D eigenvalue weighted by Gasteiger charge is -2.42. The highest BCUT2D eigenvalue weighted by Gasteiger charge is 2.25. The molecule has 1 N–H and O–H groups in total. The highest BCUT2D eigenvalue weighted by Crippen LogP contribution is 2.13. The van der Waals surface area contributed by atoms with Crippen molar-refractivity contribution in [2.45, 2.75) is 25.4 Å². The van der Waals surface area contributed by atoms with E-state index in [0.29, 0.717) is 6.04 Å². The van der Waals surface area contributed by atoms with Crippen LogP contribution in [0.3, 0.4) is 0 Å². The van der Waals surface area contributed by atoms with E-state index in [1.807, 2.05) is 7.05 Å². The molecule has 1 aliphatic rings. The number of rotatable bonds is 3. The molecule has 0 bridgehead atoms. The number of hydrogen-bond acceptors (Lipinski definition) is 3. The first-order valence-electron chi connectivity index (χ1n) is 5.20. The standard InChI is InChI=1S/C10H23N3/c1-9-7-13(4)10(5-6-11-2)8-12(9)3/h9-11H,5-8H2,1-4H3. The second kappa shape index (κ2) is 4.94. The molecule has 3 heteroatoms. The second-order valence-electron chi connectivity index (χ2n) is 4.27. The van der Waals surface area contributed by atoms with Crippen molar-refractivity contribution in [3.63, 3.8) is 0 Å². The second-order valence-corrected chi connectivity index (χ2v) is 4.27. The van der Waals surface area contributed by atoms with Gasteiger partial charge in [0, 0.05) is 25.2 Å². The molecule has 13 heavy (non-hydrogen) atoms. The lowest BCUT2D eigenvalue weighted by atomic mass is 10.1. The quantitative estimate of drug-likeness (QED) is 0.679. The third kappa shape index (κ3) is 2.93. The molecule has 1 rings (SSSR count). The van der Waals surface area contributed by atoms with Crippen LogP contribution in [-0.4, -0.2) is 62.7 Å². The largest absolute Gasteiger partial charge is 0.320 e. The van der Waals surface area contributed by atoms with Gasteiger partial charge in [-0.25, -0.2) is 0 Å².